The summed E-state index contributed by atoms with van der Waals surface area (Å²) in [5, 5.41) is 0.642. The molecular formula is C23H23N3O2S. The number of nitrogens with one attached hydrogen (secondary N) is 1. The molecule has 148 valence electrons. The number of ether oxygens (including phenoxy) is 1. The van der Waals surface area contributed by atoms with Gasteiger partial charge >= 0.3 is 0 Å². The summed E-state index contributed by atoms with van der Waals surface area (Å²) in [7, 11) is 2.00. The number of aromatic amines is 1. The summed E-state index contributed by atoms with van der Waals surface area (Å²) in [5.74, 6) is 1.57. The van der Waals surface area contributed by atoms with Crippen molar-refractivity contribution in [1.29, 1.82) is 0 Å². The van der Waals surface area contributed by atoms with Crippen LogP contribution >= 0.6 is 11.3 Å². The van der Waals surface area contributed by atoms with Gasteiger partial charge < -0.3 is 9.72 Å². The maximum absolute atomic E-state index is 12.5. The summed E-state index contributed by atoms with van der Waals surface area (Å²) in [6.45, 7) is 3.90. The standard InChI is InChI=1S/C23H23N3O2S/c1-16-8-6-7-11-19(16)28-13-12-26(2)15-21-24-22(27)18-14-20(29-23(18)25-21)17-9-4-3-5-10-17/h3-11,14H,12-13,15H2,1-2H3,(H,24,25,27). The van der Waals surface area contributed by atoms with E-state index in [4.69, 9.17) is 4.74 Å². The molecule has 0 bridgehead atoms. The average molecular weight is 406 g/mol. The molecule has 0 amide bonds. The van der Waals surface area contributed by atoms with Gasteiger partial charge in [0.15, 0.2) is 0 Å². The van der Waals surface area contributed by atoms with Crippen molar-refractivity contribution in [3.8, 4) is 16.2 Å². The molecule has 0 aliphatic carbocycles. The summed E-state index contributed by atoms with van der Waals surface area (Å²) in [6, 6.07) is 20.0. The van der Waals surface area contributed by atoms with E-state index in [2.05, 4.69) is 14.9 Å². The van der Waals surface area contributed by atoms with E-state index in [-0.39, 0.29) is 5.56 Å². The average Bonchev–Trinajstić information content (AvgIpc) is 3.15. The van der Waals surface area contributed by atoms with E-state index in [0.717, 1.165) is 33.1 Å². The highest BCUT2D eigenvalue weighted by Gasteiger charge is 2.11. The molecule has 29 heavy (non-hydrogen) atoms. The molecule has 0 aliphatic heterocycles. The second-order valence-corrected chi connectivity index (χ2v) is 8.09. The summed E-state index contributed by atoms with van der Waals surface area (Å²) in [4.78, 5) is 24.0. The number of H-pyrrole nitrogens is 1. The van der Waals surface area contributed by atoms with Crippen LogP contribution in [0.2, 0.25) is 0 Å². The zero-order valence-electron chi connectivity index (χ0n) is 16.5. The zero-order chi connectivity index (χ0) is 20.2. The number of para-hydroxylation sites is 1. The highest BCUT2D eigenvalue weighted by Crippen LogP contribution is 2.30. The lowest BCUT2D eigenvalue weighted by atomic mass is 10.2. The fraction of sp³-hybridized carbons (Fsp3) is 0.217. The summed E-state index contributed by atoms with van der Waals surface area (Å²) >= 11 is 1.55. The summed E-state index contributed by atoms with van der Waals surface area (Å²) < 4.78 is 5.86. The molecule has 0 fully saturated rings. The molecular weight excluding hydrogens is 382 g/mol. The Morgan fingerprint density at radius 3 is 2.66 bits per heavy atom. The Labute approximate surface area is 173 Å². The lowest BCUT2D eigenvalue weighted by molar-refractivity contribution is 0.229. The van der Waals surface area contributed by atoms with Gasteiger partial charge in [0, 0.05) is 11.4 Å². The van der Waals surface area contributed by atoms with E-state index < -0.39 is 0 Å². The van der Waals surface area contributed by atoms with Gasteiger partial charge in [0.2, 0.25) is 0 Å². The number of rotatable bonds is 7. The molecule has 1 N–H and O–H groups in total. The van der Waals surface area contributed by atoms with Crippen molar-refractivity contribution < 1.29 is 4.74 Å². The van der Waals surface area contributed by atoms with Crippen LogP contribution in [0.4, 0.5) is 0 Å². The SMILES string of the molecule is Cc1ccccc1OCCN(C)Cc1nc2sc(-c3ccccc3)cc2c(=O)[nH]1. The highest BCUT2D eigenvalue weighted by atomic mass is 32.1. The van der Waals surface area contributed by atoms with E-state index in [1.807, 2.05) is 74.6 Å². The van der Waals surface area contributed by atoms with Crippen molar-refractivity contribution in [2.75, 3.05) is 20.2 Å². The number of fused-ring (bicyclic) bond motifs is 1. The Hall–Kier alpha value is -2.96. The number of likely N-dealkylation sites (N-methyl/N-ethyl adjacent to an activating group) is 1. The summed E-state index contributed by atoms with van der Waals surface area (Å²) in [6.07, 6.45) is 0. The third-order valence-electron chi connectivity index (χ3n) is 4.75. The largest absolute Gasteiger partial charge is 0.492 e. The number of nitrogens with zero attached hydrogens (tertiary/aromatic N) is 2. The van der Waals surface area contributed by atoms with Gasteiger partial charge in [-0.25, -0.2) is 4.98 Å². The molecule has 0 aliphatic rings. The molecule has 2 heterocycles. The smallest absolute Gasteiger partial charge is 0.259 e. The van der Waals surface area contributed by atoms with Gasteiger partial charge in [0.1, 0.15) is 23.0 Å². The molecule has 0 spiro atoms. The minimum Gasteiger partial charge on any atom is -0.492 e. The quantitative estimate of drug-likeness (QED) is 0.493. The van der Waals surface area contributed by atoms with Crippen LogP contribution in [-0.2, 0) is 6.54 Å². The van der Waals surface area contributed by atoms with Crippen molar-refractivity contribution in [2.24, 2.45) is 0 Å². The first-order valence-corrected chi connectivity index (χ1v) is 10.4. The van der Waals surface area contributed by atoms with Crippen molar-refractivity contribution in [3.63, 3.8) is 0 Å². The van der Waals surface area contributed by atoms with Crippen molar-refractivity contribution in [1.82, 2.24) is 14.9 Å². The van der Waals surface area contributed by atoms with Gasteiger partial charge in [-0.1, -0.05) is 48.5 Å². The van der Waals surface area contributed by atoms with Crippen LogP contribution in [0.3, 0.4) is 0 Å². The van der Waals surface area contributed by atoms with Crippen LogP contribution in [0.5, 0.6) is 5.75 Å². The lowest BCUT2D eigenvalue weighted by Gasteiger charge is -2.17. The molecule has 2 aromatic heterocycles. The molecule has 0 saturated heterocycles. The molecule has 5 nitrogen and oxygen atoms in total. The summed E-state index contributed by atoms with van der Waals surface area (Å²) in [5.41, 5.74) is 2.13. The highest BCUT2D eigenvalue weighted by molar-refractivity contribution is 7.21. The van der Waals surface area contributed by atoms with Crippen LogP contribution in [0, 0.1) is 6.92 Å². The topological polar surface area (TPSA) is 58.2 Å². The predicted molar refractivity (Wildman–Crippen MR) is 119 cm³/mol. The van der Waals surface area contributed by atoms with E-state index >= 15 is 0 Å². The van der Waals surface area contributed by atoms with E-state index in [0.29, 0.717) is 24.4 Å². The minimum absolute atomic E-state index is 0.0898. The fourth-order valence-electron chi connectivity index (χ4n) is 3.16. The van der Waals surface area contributed by atoms with Crippen molar-refractivity contribution in [3.05, 3.63) is 82.4 Å². The molecule has 6 heteroatoms. The van der Waals surface area contributed by atoms with Crippen LogP contribution in [-0.4, -0.2) is 35.1 Å². The molecule has 0 radical (unpaired) electrons. The molecule has 0 atom stereocenters. The Morgan fingerprint density at radius 1 is 1.10 bits per heavy atom. The first-order valence-electron chi connectivity index (χ1n) is 9.55. The Morgan fingerprint density at radius 2 is 1.86 bits per heavy atom. The van der Waals surface area contributed by atoms with E-state index in [1.54, 1.807) is 11.3 Å². The number of aryl methyl sites for hydroxylation is 1. The van der Waals surface area contributed by atoms with Gasteiger partial charge in [-0.15, -0.1) is 11.3 Å². The fourth-order valence-corrected chi connectivity index (χ4v) is 4.22. The van der Waals surface area contributed by atoms with Gasteiger partial charge in [0.25, 0.3) is 5.56 Å². The predicted octanol–water partition coefficient (Wildman–Crippen LogP) is 4.47. The van der Waals surface area contributed by atoms with Crippen LogP contribution in [0.25, 0.3) is 20.7 Å². The number of hydrogen-bond donors (Lipinski definition) is 1. The number of benzene rings is 2. The number of thiophene rings is 1. The number of aromatic nitrogens is 2. The Kier molecular flexibility index (Phi) is 5.74. The molecule has 4 aromatic rings. The lowest BCUT2D eigenvalue weighted by Crippen LogP contribution is -2.26. The van der Waals surface area contributed by atoms with E-state index in [9.17, 15) is 4.79 Å². The second-order valence-electron chi connectivity index (χ2n) is 7.06. The van der Waals surface area contributed by atoms with Crippen molar-refractivity contribution in [2.45, 2.75) is 13.5 Å². The monoisotopic (exact) mass is 405 g/mol. The number of hydrogen-bond acceptors (Lipinski definition) is 5. The van der Waals surface area contributed by atoms with Gasteiger partial charge in [0.05, 0.1) is 11.9 Å². The van der Waals surface area contributed by atoms with E-state index in [1.165, 1.54) is 0 Å². The van der Waals surface area contributed by atoms with Gasteiger partial charge in [-0.05, 0) is 37.2 Å². The molecule has 0 unspecified atom stereocenters. The van der Waals surface area contributed by atoms with Gasteiger partial charge in [-0.3, -0.25) is 9.69 Å². The first-order chi connectivity index (χ1) is 14.1. The third kappa shape index (κ3) is 4.55. The maximum Gasteiger partial charge on any atom is 0.259 e. The third-order valence-corrected chi connectivity index (χ3v) is 5.83. The van der Waals surface area contributed by atoms with Gasteiger partial charge in [-0.2, -0.15) is 0 Å². The normalized spacial score (nSPS) is 11.3. The van der Waals surface area contributed by atoms with Crippen molar-refractivity contribution >= 4 is 21.6 Å². The molecule has 0 saturated carbocycles. The first kappa shape index (κ1) is 19.4. The van der Waals surface area contributed by atoms with Crippen LogP contribution in [0.15, 0.2) is 65.5 Å². The second kappa shape index (κ2) is 8.59. The molecule has 4 rings (SSSR count). The minimum atomic E-state index is -0.0898. The zero-order valence-corrected chi connectivity index (χ0v) is 17.3. The maximum atomic E-state index is 12.5. The Balaban J connectivity index is 1.44. The Bertz CT molecular complexity index is 1170. The molecule has 2 aromatic carbocycles. The van der Waals surface area contributed by atoms with Crippen LogP contribution < -0.4 is 10.3 Å². The van der Waals surface area contributed by atoms with Crippen LogP contribution in [0.1, 0.15) is 11.4 Å².